The highest BCUT2D eigenvalue weighted by atomic mass is 32.1. The number of nitrogens with zero attached hydrogens (tertiary/aromatic N) is 2. The third kappa shape index (κ3) is 3.38. The molecule has 3 nitrogen and oxygen atoms in total. The topological polar surface area (TPSA) is 37.8 Å². The van der Waals surface area contributed by atoms with Crippen LogP contribution in [0.1, 0.15) is 25.6 Å². The molecule has 1 N–H and O–H groups in total. The van der Waals surface area contributed by atoms with E-state index in [1.54, 1.807) is 0 Å². The molecule has 1 rings (SSSR count). The number of halogens is 3. The zero-order valence-electron chi connectivity index (χ0n) is 8.51. The Morgan fingerprint density at radius 1 is 1.56 bits per heavy atom. The highest BCUT2D eigenvalue weighted by Gasteiger charge is 2.36. The maximum Gasteiger partial charge on any atom is 0.452 e. The minimum absolute atomic E-state index is 0.101. The zero-order chi connectivity index (χ0) is 12.2. The average molecular weight is 249 g/mol. The molecule has 0 aromatic carbocycles. The monoisotopic (exact) mass is 249 g/mol. The first kappa shape index (κ1) is 12.8. The summed E-state index contributed by atoms with van der Waals surface area (Å²) >= 11 is 0.658. The lowest BCUT2D eigenvalue weighted by molar-refractivity contribution is -0.144. The second kappa shape index (κ2) is 5.16. The van der Waals surface area contributed by atoms with Gasteiger partial charge in [0.2, 0.25) is 11.0 Å². The Kier molecular flexibility index (Phi) is 4.12. The van der Waals surface area contributed by atoms with Gasteiger partial charge in [-0.15, -0.1) is 6.42 Å². The maximum atomic E-state index is 12.2. The first-order valence-corrected chi connectivity index (χ1v) is 5.38. The van der Waals surface area contributed by atoms with E-state index < -0.39 is 12.0 Å². The summed E-state index contributed by atoms with van der Waals surface area (Å²) in [7, 11) is 0. The van der Waals surface area contributed by atoms with Crippen LogP contribution in [0, 0.1) is 12.3 Å². The molecule has 1 aromatic heterocycles. The van der Waals surface area contributed by atoms with Crippen molar-refractivity contribution in [2.75, 3.05) is 5.32 Å². The minimum atomic E-state index is -4.51. The predicted octanol–water partition coefficient (Wildman–Crippen LogP) is 2.77. The van der Waals surface area contributed by atoms with E-state index in [1.807, 2.05) is 6.92 Å². The van der Waals surface area contributed by atoms with Gasteiger partial charge < -0.3 is 5.32 Å². The van der Waals surface area contributed by atoms with E-state index in [-0.39, 0.29) is 11.2 Å². The van der Waals surface area contributed by atoms with Crippen molar-refractivity contribution in [3.05, 3.63) is 5.82 Å². The molecule has 1 aromatic rings. The van der Waals surface area contributed by atoms with Crippen molar-refractivity contribution in [1.82, 2.24) is 9.36 Å². The fourth-order valence-corrected chi connectivity index (χ4v) is 1.67. The van der Waals surface area contributed by atoms with E-state index in [4.69, 9.17) is 6.42 Å². The predicted molar refractivity (Wildman–Crippen MR) is 56.1 cm³/mol. The standard InChI is InChI=1S/C9H10F3N3S/c1-3-5-6(4-2)13-8-14-7(15-16-8)9(10,11)12/h2,6H,3,5H2,1H3,(H,13,14,15). The van der Waals surface area contributed by atoms with Crippen molar-refractivity contribution in [3.8, 4) is 12.3 Å². The van der Waals surface area contributed by atoms with Gasteiger partial charge in [0.05, 0.1) is 6.04 Å². The molecule has 1 unspecified atom stereocenters. The number of terminal acetylenes is 1. The highest BCUT2D eigenvalue weighted by molar-refractivity contribution is 7.09. The molecule has 88 valence electrons. The van der Waals surface area contributed by atoms with Crippen LogP contribution in [-0.4, -0.2) is 15.4 Å². The summed E-state index contributed by atoms with van der Waals surface area (Å²) in [4.78, 5) is 3.33. The highest BCUT2D eigenvalue weighted by Crippen LogP contribution is 2.29. The summed E-state index contributed by atoms with van der Waals surface area (Å²) < 4.78 is 39.8. The summed E-state index contributed by atoms with van der Waals surface area (Å²) in [5.74, 6) is 1.31. The second-order valence-corrected chi connectivity index (χ2v) is 3.83. The molecule has 0 aliphatic heterocycles. The summed E-state index contributed by atoms with van der Waals surface area (Å²) in [6.07, 6.45) is 2.23. The molecule has 0 saturated carbocycles. The van der Waals surface area contributed by atoms with Crippen LogP contribution in [0.4, 0.5) is 18.3 Å². The van der Waals surface area contributed by atoms with Crippen LogP contribution in [0.2, 0.25) is 0 Å². The molecule has 16 heavy (non-hydrogen) atoms. The van der Waals surface area contributed by atoms with Crippen LogP contribution >= 0.6 is 11.5 Å². The van der Waals surface area contributed by atoms with Crippen LogP contribution in [0.15, 0.2) is 0 Å². The molecule has 0 amide bonds. The molecule has 0 saturated heterocycles. The molecule has 1 heterocycles. The van der Waals surface area contributed by atoms with Crippen molar-refractivity contribution in [2.45, 2.75) is 32.0 Å². The van der Waals surface area contributed by atoms with E-state index in [0.717, 1.165) is 6.42 Å². The summed E-state index contributed by atoms with van der Waals surface area (Å²) in [5.41, 5.74) is 0. The van der Waals surface area contributed by atoms with Crippen molar-refractivity contribution >= 4 is 16.7 Å². The number of anilines is 1. The lowest BCUT2D eigenvalue weighted by Gasteiger charge is -2.09. The number of aromatic nitrogens is 2. The van der Waals surface area contributed by atoms with Gasteiger partial charge in [-0.25, -0.2) is 0 Å². The van der Waals surface area contributed by atoms with Gasteiger partial charge in [0.15, 0.2) is 0 Å². The number of hydrogen-bond donors (Lipinski definition) is 1. The summed E-state index contributed by atoms with van der Waals surface area (Å²) in [6, 6.07) is -0.306. The van der Waals surface area contributed by atoms with Gasteiger partial charge in [-0.1, -0.05) is 19.3 Å². The molecule has 1 atom stereocenters. The fraction of sp³-hybridized carbons (Fsp3) is 0.556. The average Bonchev–Trinajstić information content (AvgIpc) is 2.65. The number of hydrogen-bond acceptors (Lipinski definition) is 4. The van der Waals surface area contributed by atoms with Gasteiger partial charge in [0.25, 0.3) is 0 Å². The second-order valence-electron chi connectivity index (χ2n) is 3.07. The van der Waals surface area contributed by atoms with Gasteiger partial charge in [-0.2, -0.15) is 22.5 Å². The zero-order valence-corrected chi connectivity index (χ0v) is 9.32. The quantitative estimate of drug-likeness (QED) is 0.834. The SMILES string of the molecule is C#CC(CCC)Nc1nc(C(F)(F)F)ns1. The fourth-order valence-electron chi connectivity index (χ4n) is 1.03. The van der Waals surface area contributed by atoms with Crippen LogP contribution in [0.3, 0.4) is 0 Å². The third-order valence-electron chi connectivity index (χ3n) is 1.76. The van der Waals surface area contributed by atoms with Crippen LogP contribution in [0.5, 0.6) is 0 Å². The van der Waals surface area contributed by atoms with E-state index >= 15 is 0 Å². The Labute approximate surface area is 95.3 Å². The Morgan fingerprint density at radius 3 is 2.69 bits per heavy atom. The molecule has 0 radical (unpaired) electrons. The van der Waals surface area contributed by atoms with E-state index in [2.05, 4.69) is 20.6 Å². The molecule has 0 fully saturated rings. The molecule has 0 aliphatic carbocycles. The third-order valence-corrected chi connectivity index (χ3v) is 2.40. The largest absolute Gasteiger partial charge is 0.452 e. The first-order valence-electron chi connectivity index (χ1n) is 4.61. The molecular weight excluding hydrogens is 239 g/mol. The van der Waals surface area contributed by atoms with Gasteiger partial charge in [-0.05, 0) is 6.42 Å². The lowest BCUT2D eigenvalue weighted by Crippen LogP contribution is -2.17. The first-order chi connectivity index (χ1) is 7.47. The normalized spacial score (nSPS) is 13.2. The van der Waals surface area contributed by atoms with E-state index in [9.17, 15) is 13.2 Å². The van der Waals surface area contributed by atoms with Crippen molar-refractivity contribution in [1.29, 1.82) is 0 Å². The van der Waals surface area contributed by atoms with Crippen LogP contribution in [-0.2, 0) is 6.18 Å². The maximum absolute atomic E-state index is 12.2. The van der Waals surface area contributed by atoms with Crippen molar-refractivity contribution in [2.24, 2.45) is 0 Å². The van der Waals surface area contributed by atoms with Crippen LogP contribution in [0.25, 0.3) is 0 Å². The van der Waals surface area contributed by atoms with E-state index in [0.29, 0.717) is 18.0 Å². The van der Waals surface area contributed by atoms with Crippen LogP contribution < -0.4 is 5.32 Å². The van der Waals surface area contributed by atoms with Gasteiger partial charge in [0, 0.05) is 11.5 Å². The van der Waals surface area contributed by atoms with Gasteiger partial charge in [-0.3, -0.25) is 0 Å². The molecule has 0 aliphatic rings. The minimum Gasteiger partial charge on any atom is -0.347 e. The molecule has 0 spiro atoms. The molecule has 7 heteroatoms. The van der Waals surface area contributed by atoms with Crippen molar-refractivity contribution in [3.63, 3.8) is 0 Å². The summed E-state index contributed by atoms with van der Waals surface area (Å²) in [6.45, 7) is 1.94. The van der Waals surface area contributed by atoms with Gasteiger partial charge >= 0.3 is 6.18 Å². The number of rotatable bonds is 4. The number of nitrogens with one attached hydrogen (secondary N) is 1. The summed E-state index contributed by atoms with van der Waals surface area (Å²) in [5, 5.41) is 2.83. The Bertz CT molecular complexity index is 380. The Balaban J connectivity index is 2.69. The number of alkyl halides is 3. The van der Waals surface area contributed by atoms with E-state index in [1.165, 1.54) is 0 Å². The smallest absolute Gasteiger partial charge is 0.347 e. The Morgan fingerprint density at radius 2 is 2.25 bits per heavy atom. The molecule has 0 bridgehead atoms. The molecular formula is C9H10F3N3S. The lowest BCUT2D eigenvalue weighted by atomic mass is 10.2. The Hall–Kier alpha value is -1.29. The van der Waals surface area contributed by atoms with Gasteiger partial charge in [0.1, 0.15) is 0 Å². The van der Waals surface area contributed by atoms with Crippen molar-refractivity contribution < 1.29 is 13.2 Å².